The van der Waals surface area contributed by atoms with E-state index in [4.69, 9.17) is 9.47 Å². The molecule has 24 heavy (non-hydrogen) atoms. The molecule has 0 N–H and O–H groups in total. The SMILES string of the molecule is CCOC(=O)c1ccc(OCc2cc(=O)n3c(C)csc3n2)cc1. The Morgan fingerprint density at radius 3 is 2.75 bits per heavy atom. The van der Waals surface area contributed by atoms with Crippen LogP contribution in [0.1, 0.15) is 28.7 Å². The van der Waals surface area contributed by atoms with Gasteiger partial charge in [-0.15, -0.1) is 11.3 Å². The Kier molecular flexibility index (Phi) is 4.61. The van der Waals surface area contributed by atoms with Crippen LogP contribution in [-0.4, -0.2) is 22.0 Å². The molecule has 124 valence electrons. The fourth-order valence-electron chi connectivity index (χ4n) is 2.23. The van der Waals surface area contributed by atoms with Gasteiger partial charge in [0.25, 0.3) is 5.56 Å². The van der Waals surface area contributed by atoms with Crippen molar-refractivity contribution in [2.24, 2.45) is 0 Å². The number of benzene rings is 1. The number of esters is 1. The van der Waals surface area contributed by atoms with E-state index in [2.05, 4.69) is 4.98 Å². The molecule has 0 fully saturated rings. The normalized spacial score (nSPS) is 10.8. The van der Waals surface area contributed by atoms with Gasteiger partial charge in [-0.05, 0) is 38.1 Å². The number of nitrogens with zero attached hydrogens (tertiary/aromatic N) is 2. The molecule has 0 saturated carbocycles. The van der Waals surface area contributed by atoms with Gasteiger partial charge in [0.15, 0.2) is 4.96 Å². The molecule has 0 aliphatic carbocycles. The topological polar surface area (TPSA) is 69.9 Å². The summed E-state index contributed by atoms with van der Waals surface area (Å²) < 4.78 is 12.1. The fourth-order valence-corrected chi connectivity index (χ4v) is 3.12. The summed E-state index contributed by atoms with van der Waals surface area (Å²) in [6.45, 7) is 4.15. The van der Waals surface area contributed by atoms with Crippen molar-refractivity contribution in [2.45, 2.75) is 20.5 Å². The first-order valence-electron chi connectivity index (χ1n) is 7.45. The zero-order valence-electron chi connectivity index (χ0n) is 13.3. The molecule has 3 aromatic rings. The highest BCUT2D eigenvalue weighted by atomic mass is 32.1. The number of aryl methyl sites for hydroxylation is 1. The second-order valence-corrected chi connectivity index (χ2v) is 5.95. The van der Waals surface area contributed by atoms with E-state index in [0.29, 0.717) is 28.6 Å². The van der Waals surface area contributed by atoms with E-state index in [9.17, 15) is 9.59 Å². The number of fused-ring (bicyclic) bond motifs is 1. The van der Waals surface area contributed by atoms with Gasteiger partial charge in [-0.3, -0.25) is 9.20 Å². The van der Waals surface area contributed by atoms with Crippen molar-refractivity contribution in [2.75, 3.05) is 6.61 Å². The van der Waals surface area contributed by atoms with Crippen molar-refractivity contribution in [3.63, 3.8) is 0 Å². The van der Waals surface area contributed by atoms with Crippen molar-refractivity contribution in [1.29, 1.82) is 0 Å². The summed E-state index contributed by atoms with van der Waals surface area (Å²) in [5.74, 6) is 0.227. The molecule has 6 nitrogen and oxygen atoms in total. The summed E-state index contributed by atoms with van der Waals surface area (Å²) in [6, 6.07) is 8.13. The first kappa shape index (κ1) is 16.2. The molecule has 3 rings (SSSR count). The Morgan fingerprint density at radius 1 is 1.29 bits per heavy atom. The Hall–Kier alpha value is -2.67. The predicted octanol–water partition coefficient (Wildman–Crippen LogP) is 2.82. The predicted molar refractivity (Wildman–Crippen MR) is 90.8 cm³/mol. The molecule has 0 aliphatic rings. The largest absolute Gasteiger partial charge is 0.487 e. The standard InChI is InChI=1S/C17H16N2O4S/c1-3-22-16(21)12-4-6-14(7-5-12)23-9-13-8-15(20)19-11(2)10-24-17(19)18-13/h4-8,10H,3,9H2,1-2H3. The highest BCUT2D eigenvalue weighted by Gasteiger charge is 2.08. The molecule has 0 spiro atoms. The lowest BCUT2D eigenvalue weighted by Gasteiger charge is -2.07. The minimum absolute atomic E-state index is 0.116. The van der Waals surface area contributed by atoms with E-state index < -0.39 is 0 Å². The summed E-state index contributed by atoms with van der Waals surface area (Å²) in [5.41, 5.74) is 1.79. The molecule has 2 aromatic heterocycles. The number of thiazole rings is 1. The highest BCUT2D eigenvalue weighted by Crippen LogP contribution is 2.16. The third-order valence-electron chi connectivity index (χ3n) is 3.38. The van der Waals surface area contributed by atoms with Crippen LogP contribution in [0.4, 0.5) is 0 Å². The molecule has 0 bridgehead atoms. The molecule has 0 amide bonds. The highest BCUT2D eigenvalue weighted by molar-refractivity contribution is 7.15. The van der Waals surface area contributed by atoms with Crippen LogP contribution in [0.15, 0.2) is 40.5 Å². The smallest absolute Gasteiger partial charge is 0.338 e. The van der Waals surface area contributed by atoms with Crippen LogP contribution in [-0.2, 0) is 11.3 Å². The van der Waals surface area contributed by atoms with Crippen molar-refractivity contribution in [3.8, 4) is 5.75 Å². The third-order valence-corrected chi connectivity index (χ3v) is 4.32. The van der Waals surface area contributed by atoms with Crippen LogP contribution in [0, 0.1) is 6.92 Å². The lowest BCUT2D eigenvalue weighted by Crippen LogP contribution is -2.15. The molecule has 0 atom stereocenters. The second-order valence-electron chi connectivity index (χ2n) is 5.11. The van der Waals surface area contributed by atoms with Gasteiger partial charge >= 0.3 is 5.97 Å². The molecule has 1 aromatic carbocycles. The molecular formula is C17H16N2O4S. The zero-order valence-corrected chi connectivity index (χ0v) is 14.1. The Bertz CT molecular complexity index is 928. The van der Waals surface area contributed by atoms with E-state index in [1.54, 1.807) is 35.6 Å². The maximum atomic E-state index is 12.1. The summed E-state index contributed by atoms with van der Waals surface area (Å²) in [6.07, 6.45) is 0. The Labute approximate surface area is 142 Å². The lowest BCUT2D eigenvalue weighted by molar-refractivity contribution is 0.0526. The van der Waals surface area contributed by atoms with Crippen LogP contribution in [0.3, 0.4) is 0 Å². The van der Waals surface area contributed by atoms with E-state index in [1.807, 2.05) is 12.3 Å². The lowest BCUT2D eigenvalue weighted by atomic mass is 10.2. The fraction of sp³-hybridized carbons (Fsp3) is 0.235. The van der Waals surface area contributed by atoms with E-state index >= 15 is 0 Å². The van der Waals surface area contributed by atoms with Gasteiger partial charge < -0.3 is 9.47 Å². The molecule has 7 heteroatoms. The first-order valence-corrected chi connectivity index (χ1v) is 8.33. The minimum Gasteiger partial charge on any atom is -0.487 e. The number of rotatable bonds is 5. The average Bonchev–Trinajstić information content (AvgIpc) is 2.95. The molecule has 0 aliphatic heterocycles. The van der Waals surface area contributed by atoms with Gasteiger partial charge in [0, 0.05) is 17.1 Å². The average molecular weight is 344 g/mol. The summed E-state index contributed by atoms with van der Waals surface area (Å²) in [4.78, 5) is 28.8. The number of ether oxygens (including phenoxy) is 2. The van der Waals surface area contributed by atoms with Crippen LogP contribution in [0.2, 0.25) is 0 Å². The van der Waals surface area contributed by atoms with E-state index in [1.165, 1.54) is 17.4 Å². The van der Waals surface area contributed by atoms with Crippen molar-refractivity contribution in [3.05, 3.63) is 63.0 Å². The van der Waals surface area contributed by atoms with Gasteiger partial charge in [0.05, 0.1) is 17.9 Å². The van der Waals surface area contributed by atoms with Gasteiger partial charge in [0.2, 0.25) is 0 Å². The Morgan fingerprint density at radius 2 is 2.04 bits per heavy atom. The summed E-state index contributed by atoms with van der Waals surface area (Å²) in [5, 5.41) is 1.89. The minimum atomic E-state index is -0.364. The van der Waals surface area contributed by atoms with Gasteiger partial charge in [-0.1, -0.05) is 0 Å². The number of carbonyl (C=O) groups is 1. The van der Waals surface area contributed by atoms with Crippen molar-refractivity contribution in [1.82, 2.24) is 9.38 Å². The van der Waals surface area contributed by atoms with Crippen LogP contribution < -0.4 is 10.3 Å². The van der Waals surface area contributed by atoms with Gasteiger partial charge in [0.1, 0.15) is 12.4 Å². The van der Waals surface area contributed by atoms with Crippen molar-refractivity contribution >= 4 is 22.3 Å². The van der Waals surface area contributed by atoms with E-state index in [0.717, 1.165) is 5.69 Å². The summed E-state index contributed by atoms with van der Waals surface area (Å²) >= 11 is 1.42. The molecule has 0 saturated heterocycles. The third kappa shape index (κ3) is 3.30. The number of hydrogen-bond donors (Lipinski definition) is 0. The Balaban J connectivity index is 1.72. The molecule has 0 radical (unpaired) electrons. The molecular weight excluding hydrogens is 328 g/mol. The first-order chi connectivity index (χ1) is 11.6. The number of aromatic nitrogens is 2. The van der Waals surface area contributed by atoms with Gasteiger partial charge in [-0.2, -0.15) is 0 Å². The maximum absolute atomic E-state index is 12.1. The number of carbonyl (C=O) groups excluding carboxylic acids is 1. The number of hydrogen-bond acceptors (Lipinski definition) is 6. The van der Waals surface area contributed by atoms with Crippen LogP contribution >= 0.6 is 11.3 Å². The monoisotopic (exact) mass is 344 g/mol. The van der Waals surface area contributed by atoms with E-state index in [-0.39, 0.29) is 18.1 Å². The molecule has 2 heterocycles. The van der Waals surface area contributed by atoms with Crippen molar-refractivity contribution < 1.29 is 14.3 Å². The summed E-state index contributed by atoms with van der Waals surface area (Å²) in [7, 11) is 0. The van der Waals surface area contributed by atoms with Gasteiger partial charge in [-0.25, -0.2) is 9.78 Å². The molecule has 0 unspecified atom stereocenters. The van der Waals surface area contributed by atoms with Crippen LogP contribution in [0.5, 0.6) is 5.75 Å². The quantitative estimate of drug-likeness (QED) is 0.666. The second kappa shape index (κ2) is 6.84. The maximum Gasteiger partial charge on any atom is 0.338 e. The zero-order chi connectivity index (χ0) is 17.1. The van der Waals surface area contributed by atoms with Crippen LogP contribution in [0.25, 0.3) is 4.96 Å².